The zero-order chi connectivity index (χ0) is 41.3. The second-order valence-electron chi connectivity index (χ2n) is 16.6. The maximum atomic E-state index is 12.7. The van der Waals surface area contributed by atoms with E-state index in [1.165, 1.54) is 116 Å². The van der Waals surface area contributed by atoms with E-state index >= 15 is 0 Å². The number of carbonyl (C=O) groups excluding carboxylic acids is 2. The average molecular weight is 798 g/mol. The number of hydrogen-bond acceptors (Lipinski definition) is 7. The number of likely N-dealkylation sites (N-methyl/N-ethyl adjacent to an activating group) is 1. The molecule has 0 spiro atoms. The molecule has 0 bridgehead atoms. The molecule has 7 heteroatoms. The van der Waals surface area contributed by atoms with E-state index in [2.05, 4.69) is 91.1 Å². The topological polar surface area (TPSA) is 62.3 Å². The van der Waals surface area contributed by atoms with Crippen molar-refractivity contribution in [3.63, 3.8) is 0 Å². The molecule has 1 aliphatic rings. The van der Waals surface area contributed by atoms with E-state index in [-0.39, 0.29) is 18.0 Å². The van der Waals surface area contributed by atoms with E-state index in [1.54, 1.807) is 0 Å². The molecular weight excluding hydrogens is 707 g/mol. The zero-order valence-electron chi connectivity index (χ0n) is 37.9. The molecule has 0 amide bonds. The predicted octanol–water partition coefficient (Wildman–Crippen LogP) is 12.4. The predicted molar refractivity (Wildman–Crippen MR) is 245 cm³/mol. The van der Waals surface area contributed by atoms with Crippen molar-refractivity contribution in [2.45, 2.75) is 194 Å². The first-order valence-electron chi connectivity index (χ1n) is 24.0. The summed E-state index contributed by atoms with van der Waals surface area (Å²) in [6.45, 7) is 14.2. The van der Waals surface area contributed by atoms with E-state index < -0.39 is 0 Å². The second-order valence-corrected chi connectivity index (χ2v) is 16.6. The molecule has 7 nitrogen and oxygen atoms in total. The molecule has 330 valence electrons. The van der Waals surface area contributed by atoms with Crippen LogP contribution in [0.5, 0.6) is 0 Å². The van der Waals surface area contributed by atoms with Crippen LogP contribution < -0.4 is 0 Å². The maximum absolute atomic E-state index is 12.7. The number of nitrogens with zero attached hydrogens (tertiary/aromatic N) is 3. The highest BCUT2D eigenvalue weighted by atomic mass is 16.5. The number of ether oxygens (including phenoxy) is 2. The molecule has 0 aromatic carbocycles. The van der Waals surface area contributed by atoms with Crippen molar-refractivity contribution in [3.8, 4) is 0 Å². The Morgan fingerprint density at radius 1 is 0.526 bits per heavy atom. The Morgan fingerprint density at radius 3 is 1.30 bits per heavy atom. The number of piperazine rings is 1. The molecule has 0 radical (unpaired) electrons. The normalized spacial score (nSPS) is 15.0. The fourth-order valence-corrected chi connectivity index (χ4v) is 7.24. The van der Waals surface area contributed by atoms with Gasteiger partial charge in [0.25, 0.3) is 0 Å². The highest BCUT2D eigenvalue weighted by Gasteiger charge is 2.22. The third-order valence-electron chi connectivity index (χ3n) is 11.2. The molecule has 57 heavy (non-hydrogen) atoms. The fourth-order valence-electron chi connectivity index (χ4n) is 7.24. The first-order chi connectivity index (χ1) is 28.0. The summed E-state index contributed by atoms with van der Waals surface area (Å²) in [6, 6.07) is 0.245. The molecular formula is C50H91N3O4. The summed E-state index contributed by atoms with van der Waals surface area (Å²) >= 11 is 0. The minimum Gasteiger partial charge on any atom is -0.466 e. The van der Waals surface area contributed by atoms with Gasteiger partial charge in [0.05, 0.1) is 26.1 Å². The van der Waals surface area contributed by atoms with Gasteiger partial charge in [-0.1, -0.05) is 140 Å². The molecule has 1 unspecified atom stereocenters. The summed E-state index contributed by atoms with van der Waals surface area (Å²) in [5, 5.41) is 0. The van der Waals surface area contributed by atoms with Gasteiger partial charge in [-0.3, -0.25) is 19.4 Å². The van der Waals surface area contributed by atoms with Crippen molar-refractivity contribution in [1.82, 2.24) is 14.7 Å². The Hall–Kier alpha value is -2.22. The van der Waals surface area contributed by atoms with Crippen LogP contribution in [0.2, 0.25) is 0 Å². The van der Waals surface area contributed by atoms with E-state index in [4.69, 9.17) is 9.47 Å². The third kappa shape index (κ3) is 35.4. The minimum absolute atomic E-state index is 0.130. The van der Waals surface area contributed by atoms with Crippen molar-refractivity contribution in [2.24, 2.45) is 0 Å². The SMILES string of the molecule is CCCCC/C=C\C/C=C\CCCCCCCCOC(=O)CCN(CCC(=O)OCCCCCCCC/C=C\C/C=C\CCCCC)C(C)CN1CCN(C)CC1. The van der Waals surface area contributed by atoms with Crippen molar-refractivity contribution in [1.29, 1.82) is 0 Å². The van der Waals surface area contributed by atoms with Crippen molar-refractivity contribution in [2.75, 3.05) is 66.1 Å². The van der Waals surface area contributed by atoms with Gasteiger partial charge in [0, 0.05) is 51.9 Å². The largest absolute Gasteiger partial charge is 0.466 e. The van der Waals surface area contributed by atoms with Gasteiger partial charge in [0.1, 0.15) is 0 Å². The smallest absolute Gasteiger partial charge is 0.307 e. The van der Waals surface area contributed by atoms with Crippen LogP contribution in [0.15, 0.2) is 48.6 Å². The lowest BCUT2D eigenvalue weighted by Gasteiger charge is -2.37. The molecule has 0 saturated carbocycles. The Bertz CT molecular complexity index is 967. The summed E-state index contributed by atoms with van der Waals surface area (Å²) in [5.41, 5.74) is 0. The first-order valence-corrected chi connectivity index (χ1v) is 24.0. The molecule has 0 N–H and O–H groups in total. The van der Waals surface area contributed by atoms with E-state index in [1.807, 2.05) is 0 Å². The Balaban J connectivity index is 2.20. The highest BCUT2D eigenvalue weighted by Crippen LogP contribution is 2.12. The van der Waals surface area contributed by atoms with Gasteiger partial charge in [-0.25, -0.2) is 0 Å². The summed E-state index contributed by atoms with van der Waals surface area (Å²) in [5.74, 6) is -0.260. The van der Waals surface area contributed by atoms with Crippen LogP contribution in [0.1, 0.15) is 188 Å². The summed E-state index contributed by atoms with van der Waals surface area (Å²) in [7, 11) is 2.18. The number of carbonyl (C=O) groups is 2. The molecule has 1 heterocycles. The Labute approximate surface area is 353 Å². The number of rotatable bonds is 39. The lowest BCUT2D eigenvalue weighted by atomic mass is 10.1. The van der Waals surface area contributed by atoms with Crippen LogP contribution in [0.25, 0.3) is 0 Å². The standard InChI is InChI=1S/C50H91N3O4/c1-5-7-9-11-13-15-17-19-21-23-25-27-29-31-33-35-45-56-49(54)37-39-53(48(3)47-52-43-41-51(4)42-44-52)40-38-50(55)57-46-36-34-32-30-28-26-24-22-20-18-16-14-12-10-8-6-2/h13-16,19-22,48H,5-12,17-18,23-47H2,1-4H3/b15-13-,16-14-,21-19-,22-20-. The summed E-state index contributed by atoms with van der Waals surface area (Å²) in [4.78, 5) is 32.6. The highest BCUT2D eigenvalue weighted by molar-refractivity contribution is 5.70. The van der Waals surface area contributed by atoms with Crippen LogP contribution in [-0.4, -0.2) is 98.8 Å². The molecule has 0 aromatic rings. The molecule has 1 aliphatic heterocycles. The van der Waals surface area contributed by atoms with Crippen molar-refractivity contribution in [3.05, 3.63) is 48.6 Å². The second kappa shape index (κ2) is 40.6. The average Bonchev–Trinajstić information content (AvgIpc) is 3.21. The lowest BCUT2D eigenvalue weighted by molar-refractivity contribution is -0.144. The Kier molecular flexibility index (Phi) is 37.6. The lowest BCUT2D eigenvalue weighted by Crippen LogP contribution is -2.50. The first kappa shape index (κ1) is 52.8. The van der Waals surface area contributed by atoms with Gasteiger partial charge in [-0.05, 0) is 91.0 Å². The van der Waals surface area contributed by atoms with E-state index in [9.17, 15) is 9.59 Å². The number of esters is 2. The van der Waals surface area contributed by atoms with Crippen LogP contribution in [0.3, 0.4) is 0 Å². The van der Waals surface area contributed by atoms with Gasteiger partial charge in [0.2, 0.25) is 0 Å². The molecule has 1 rings (SSSR count). The third-order valence-corrected chi connectivity index (χ3v) is 11.2. The van der Waals surface area contributed by atoms with Crippen LogP contribution >= 0.6 is 0 Å². The zero-order valence-corrected chi connectivity index (χ0v) is 37.9. The van der Waals surface area contributed by atoms with Crippen molar-refractivity contribution >= 4 is 11.9 Å². The Morgan fingerprint density at radius 2 is 0.895 bits per heavy atom. The molecule has 1 atom stereocenters. The molecule has 1 fully saturated rings. The van der Waals surface area contributed by atoms with Crippen molar-refractivity contribution < 1.29 is 19.1 Å². The van der Waals surface area contributed by atoms with Gasteiger partial charge >= 0.3 is 11.9 Å². The molecule has 0 aliphatic carbocycles. The van der Waals surface area contributed by atoms with Gasteiger partial charge in [0.15, 0.2) is 0 Å². The van der Waals surface area contributed by atoms with Crippen LogP contribution in [0, 0.1) is 0 Å². The number of unbranched alkanes of at least 4 members (excludes halogenated alkanes) is 18. The van der Waals surface area contributed by atoms with Gasteiger partial charge < -0.3 is 14.4 Å². The van der Waals surface area contributed by atoms with Gasteiger partial charge in [-0.2, -0.15) is 0 Å². The van der Waals surface area contributed by atoms with Gasteiger partial charge in [-0.15, -0.1) is 0 Å². The summed E-state index contributed by atoms with van der Waals surface area (Å²) < 4.78 is 11.3. The monoisotopic (exact) mass is 798 g/mol. The molecule has 0 aromatic heterocycles. The van der Waals surface area contributed by atoms with Crippen LogP contribution in [-0.2, 0) is 19.1 Å². The van der Waals surface area contributed by atoms with E-state index in [0.29, 0.717) is 39.1 Å². The number of hydrogen-bond donors (Lipinski definition) is 0. The minimum atomic E-state index is -0.130. The quantitative estimate of drug-likeness (QED) is 0.0349. The molecule has 1 saturated heterocycles. The van der Waals surface area contributed by atoms with Crippen LogP contribution in [0.4, 0.5) is 0 Å². The number of allylic oxidation sites excluding steroid dienone is 8. The maximum Gasteiger partial charge on any atom is 0.307 e. The van der Waals surface area contributed by atoms with E-state index in [0.717, 1.165) is 71.2 Å². The fraction of sp³-hybridized carbons (Fsp3) is 0.800. The summed E-state index contributed by atoms with van der Waals surface area (Å²) in [6.07, 6.45) is 48.0.